The van der Waals surface area contributed by atoms with Crippen molar-refractivity contribution in [3.63, 3.8) is 0 Å². The van der Waals surface area contributed by atoms with E-state index in [-0.39, 0.29) is 6.10 Å². The fourth-order valence-electron chi connectivity index (χ4n) is 1.24. The van der Waals surface area contributed by atoms with Crippen molar-refractivity contribution in [1.82, 2.24) is 5.32 Å². The molecule has 1 aromatic rings. The normalized spacial score (nSPS) is 15.1. The summed E-state index contributed by atoms with van der Waals surface area (Å²) < 4.78 is 5.24. The van der Waals surface area contributed by atoms with Crippen molar-refractivity contribution >= 4 is 0 Å². The molecule has 2 heteroatoms. The minimum absolute atomic E-state index is 0.249. The van der Waals surface area contributed by atoms with Gasteiger partial charge in [0.1, 0.15) is 0 Å². The molecule has 2 atom stereocenters. The molecule has 0 radical (unpaired) electrons. The summed E-state index contributed by atoms with van der Waals surface area (Å²) in [4.78, 5) is 0. The second kappa shape index (κ2) is 5.78. The Bertz CT molecular complexity index is 248. The van der Waals surface area contributed by atoms with Crippen molar-refractivity contribution in [2.24, 2.45) is 0 Å². The molecule has 1 N–H and O–H groups in total. The zero-order valence-electron chi connectivity index (χ0n) is 9.16. The maximum Gasteiger partial charge on any atom is 0.0693 e. The number of ether oxygens (including phenoxy) is 1. The van der Waals surface area contributed by atoms with Crippen LogP contribution in [0.4, 0.5) is 0 Å². The SMILES string of the molecule is CO[C@H](C)[C@@H](C)NCc1ccccc1. The second-order valence-electron chi connectivity index (χ2n) is 3.60. The van der Waals surface area contributed by atoms with Gasteiger partial charge in [0.15, 0.2) is 0 Å². The van der Waals surface area contributed by atoms with E-state index in [0.717, 1.165) is 6.54 Å². The maximum atomic E-state index is 5.24. The highest BCUT2D eigenvalue weighted by Gasteiger charge is 2.09. The van der Waals surface area contributed by atoms with Gasteiger partial charge in [-0.3, -0.25) is 0 Å². The van der Waals surface area contributed by atoms with E-state index >= 15 is 0 Å². The predicted octanol–water partition coefficient (Wildman–Crippen LogP) is 2.20. The first-order valence-corrected chi connectivity index (χ1v) is 5.04. The third kappa shape index (κ3) is 3.48. The Morgan fingerprint density at radius 3 is 2.43 bits per heavy atom. The zero-order valence-corrected chi connectivity index (χ0v) is 9.16. The standard InChI is InChI=1S/C12H19NO/c1-10(11(2)14-3)13-9-12-7-5-4-6-8-12/h4-8,10-11,13H,9H2,1-3H3/t10-,11-/m1/s1. The monoisotopic (exact) mass is 193 g/mol. The summed E-state index contributed by atoms with van der Waals surface area (Å²) in [5.74, 6) is 0. The van der Waals surface area contributed by atoms with Crippen molar-refractivity contribution in [2.75, 3.05) is 7.11 Å². The van der Waals surface area contributed by atoms with Crippen LogP contribution in [0.15, 0.2) is 30.3 Å². The second-order valence-corrected chi connectivity index (χ2v) is 3.60. The molecule has 0 aliphatic carbocycles. The minimum Gasteiger partial charge on any atom is -0.380 e. The topological polar surface area (TPSA) is 21.3 Å². The largest absolute Gasteiger partial charge is 0.380 e. The molecule has 0 saturated carbocycles. The molecule has 0 saturated heterocycles. The highest BCUT2D eigenvalue weighted by Crippen LogP contribution is 2.01. The molecule has 2 nitrogen and oxygen atoms in total. The van der Waals surface area contributed by atoms with E-state index in [2.05, 4.69) is 43.4 Å². The van der Waals surface area contributed by atoms with Gasteiger partial charge in [-0.1, -0.05) is 30.3 Å². The molecule has 0 spiro atoms. The average Bonchev–Trinajstić information content (AvgIpc) is 2.26. The molecule has 0 heterocycles. The van der Waals surface area contributed by atoms with Crippen LogP contribution in [0, 0.1) is 0 Å². The number of nitrogens with one attached hydrogen (secondary N) is 1. The third-order valence-corrected chi connectivity index (χ3v) is 2.55. The van der Waals surface area contributed by atoms with Crippen LogP contribution < -0.4 is 5.32 Å². The van der Waals surface area contributed by atoms with Gasteiger partial charge in [-0.05, 0) is 19.4 Å². The van der Waals surface area contributed by atoms with Gasteiger partial charge in [0.2, 0.25) is 0 Å². The lowest BCUT2D eigenvalue weighted by molar-refractivity contribution is 0.0882. The van der Waals surface area contributed by atoms with Gasteiger partial charge in [-0.2, -0.15) is 0 Å². The quantitative estimate of drug-likeness (QED) is 0.774. The van der Waals surface area contributed by atoms with Crippen LogP contribution in [-0.4, -0.2) is 19.3 Å². The van der Waals surface area contributed by atoms with Gasteiger partial charge < -0.3 is 10.1 Å². The molecule has 0 unspecified atom stereocenters. The summed E-state index contributed by atoms with van der Waals surface area (Å²) in [6.45, 7) is 5.11. The first-order valence-electron chi connectivity index (χ1n) is 5.04. The number of rotatable bonds is 5. The minimum atomic E-state index is 0.249. The van der Waals surface area contributed by atoms with Crippen LogP contribution in [0.25, 0.3) is 0 Å². The lowest BCUT2D eigenvalue weighted by Gasteiger charge is -2.19. The molecule has 0 amide bonds. The van der Waals surface area contributed by atoms with E-state index in [1.165, 1.54) is 5.56 Å². The molecule has 78 valence electrons. The van der Waals surface area contributed by atoms with Crippen LogP contribution >= 0.6 is 0 Å². The summed E-state index contributed by atoms with van der Waals surface area (Å²) in [7, 11) is 1.74. The highest BCUT2D eigenvalue weighted by atomic mass is 16.5. The molecular weight excluding hydrogens is 174 g/mol. The van der Waals surface area contributed by atoms with E-state index in [4.69, 9.17) is 4.74 Å². The molecule has 0 aliphatic heterocycles. The number of hydrogen-bond acceptors (Lipinski definition) is 2. The molecule has 0 fully saturated rings. The van der Waals surface area contributed by atoms with Crippen LogP contribution in [0.2, 0.25) is 0 Å². The number of methoxy groups -OCH3 is 1. The molecule has 1 rings (SSSR count). The summed E-state index contributed by atoms with van der Waals surface area (Å²) in [5.41, 5.74) is 1.31. The first kappa shape index (κ1) is 11.2. The molecule has 1 aromatic carbocycles. The van der Waals surface area contributed by atoms with Crippen molar-refractivity contribution in [3.05, 3.63) is 35.9 Å². The Hall–Kier alpha value is -0.860. The van der Waals surface area contributed by atoms with Crippen LogP contribution in [0.3, 0.4) is 0 Å². The van der Waals surface area contributed by atoms with Crippen LogP contribution in [0.1, 0.15) is 19.4 Å². The lowest BCUT2D eigenvalue weighted by Crippen LogP contribution is -2.36. The van der Waals surface area contributed by atoms with Crippen LogP contribution in [-0.2, 0) is 11.3 Å². The van der Waals surface area contributed by atoms with Gasteiger partial charge in [-0.25, -0.2) is 0 Å². The van der Waals surface area contributed by atoms with Crippen molar-refractivity contribution in [3.8, 4) is 0 Å². The van der Waals surface area contributed by atoms with Gasteiger partial charge in [0, 0.05) is 19.7 Å². The molecule has 0 bridgehead atoms. The fourth-order valence-corrected chi connectivity index (χ4v) is 1.24. The third-order valence-electron chi connectivity index (χ3n) is 2.55. The summed E-state index contributed by atoms with van der Waals surface area (Å²) in [6.07, 6.45) is 0.249. The highest BCUT2D eigenvalue weighted by molar-refractivity contribution is 5.14. The zero-order chi connectivity index (χ0) is 10.4. The molecule has 14 heavy (non-hydrogen) atoms. The number of benzene rings is 1. The Morgan fingerprint density at radius 2 is 1.86 bits per heavy atom. The van der Waals surface area contributed by atoms with Crippen molar-refractivity contribution in [2.45, 2.75) is 32.5 Å². The van der Waals surface area contributed by atoms with E-state index in [1.54, 1.807) is 7.11 Å². The first-order chi connectivity index (χ1) is 6.74. The van der Waals surface area contributed by atoms with Crippen LogP contribution in [0.5, 0.6) is 0 Å². The van der Waals surface area contributed by atoms with Gasteiger partial charge in [-0.15, -0.1) is 0 Å². The summed E-state index contributed by atoms with van der Waals surface area (Å²) >= 11 is 0. The van der Waals surface area contributed by atoms with Crippen molar-refractivity contribution < 1.29 is 4.74 Å². The Kier molecular flexibility index (Phi) is 4.63. The molecule has 0 aliphatic rings. The fraction of sp³-hybridized carbons (Fsp3) is 0.500. The van der Waals surface area contributed by atoms with Gasteiger partial charge in [0.25, 0.3) is 0 Å². The summed E-state index contributed by atoms with van der Waals surface area (Å²) in [6, 6.07) is 10.8. The Balaban J connectivity index is 2.34. The van der Waals surface area contributed by atoms with E-state index in [9.17, 15) is 0 Å². The van der Waals surface area contributed by atoms with E-state index in [1.807, 2.05) is 6.07 Å². The predicted molar refractivity (Wildman–Crippen MR) is 59.2 cm³/mol. The van der Waals surface area contributed by atoms with E-state index in [0.29, 0.717) is 6.04 Å². The van der Waals surface area contributed by atoms with Crippen molar-refractivity contribution in [1.29, 1.82) is 0 Å². The maximum absolute atomic E-state index is 5.24. The smallest absolute Gasteiger partial charge is 0.0693 e. The Labute approximate surface area is 86.3 Å². The van der Waals surface area contributed by atoms with Gasteiger partial charge in [0.05, 0.1) is 6.10 Å². The summed E-state index contributed by atoms with van der Waals surface area (Å²) in [5, 5.41) is 3.42. The molecular formula is C12H19NO. The number of hydrogen-bond donors (Lipinski definition) is 1. The lowest BCUT2D eigenvalue weighted by atomic mass is 10.2. The van der Waals surface area contributed by atoms with E-state index < -0.39 is 0 Å². The average molecular weight is 193 g/mol. The Morgan fingerprint density at radius 1 is 1.21 bits per heavy atom. The molecule has 0 aromatic heterocycles. The van der Waals surface area contributed by atoms with Gasteiger partial charge >= 0.3 is 0 Å².